The largest absolute Gasteiger partial charge is 0.0909 e. The van der Waals surface area contributed by atoms with Gasteiger partial charge in [0.15, 0.2) is 0 Å². The van der Waals surface area contributed by atoms with Gasteiger partial charge in [0.25, 0.3) is 0 Å². The molecule has 1 saturated carbocycles. The first kappa shape index (κ1) is 3.08. The average Bonchev–Trinajstić information content (AvgIpc) is 1.76. The molecule has 0 aromatic heterocycles. The zero-order valence-corrected chi connectivity index (χ0v) is 3.28. The molecule has 0 aromatic carbocycles. The quantitative estimate of drug-likeness (QED) is 0.378. The third kappa shape index (κ3) is 0.571. The molecule has 0 N–H and O–H groups in total. The maximum absolute atomic E-state index is 2.31. The molecule has 0 nitrogen and oxygen atoms in total. The van der Waals surface area contributed by atoms with Crippen LogP contribution in [-0.4, -0.2) is 0 Å². The van der Waals surface area contributed by atoms with Gasteiger partial charge in [-0.3, -0.25) is 0 Å². The zero-order valence-electron chi connectivity index (χ0n) is 3.28. The maximum Gasteiger partial charge on any atom is 0.0909 e. The predicted molar refractivity (Wildman–Crippen MR) is 22.5 cm³/mol. The normalized spacial score (nSPS) is 22.4. The highest BCUT2D eigenvalue weighted by Gasteiger charge is 2.06. The Kier molecular flexibility index (Phi) is 0.827. The van der Waals surface area contributed by atoms with Crippen molar-refractivity contribution in [2.45, 2.75) is 19.3 Å². The first-order valence-corrected chi connectivity index (χ1v) is 2.13. The highest BCUT2D eigenvalue weighted by molar-refractivity contribution is 4.85. The van der Waals surface area contributed by atoms with Crippen molar-refractivity contribution in [3.8, 4) is 0 Å². The molecule has 1 aliphatic rings. The lowest BCUT2D eigenvalue weighted by atomic mass is 10.4. The summed E-state index contributed by atoms with van der Waals surface area (Å²) in [6.45, 7) is 0. The monoisotopic (exact) mass is 68.1 g/mol. The van der Waals surface area contributed by atoms with Crippen LogP contribution in [0.5, 0.6) is 0 Å². The lowest BCUT2D eigenvalue weighted by molar-refractivity contribution is 1.05. The average molecular weight is 68.1 g/mol. The van der Waals surface area contributed by atoms with Crippen molar-refractivity contribution in [2.75, 3.05) is 0 Å². The van der Waals surface area contributed by atoms with Crippen LogP contribution in [0, 0.1) is 12.8 Å². The summed E-state index contributed by atoms with van der Waals surface area (Å²) in [5, 5.41) is 0. The van der Waals surface area contributed by atoms with E-state index in [4.69, 9.17) is 0 Å². The molecule has 1 rings (SSSR count). The molecule has 0 saturated heterocycles. The Morgan fingerprint density at radius 3 is 2.80 bits per heavy atom. The molecule has 0 amide bonds. The molecule has 0 atom stereocenters. The minimum absolute atomic E-state index is 1.25. The topological polar surface area (TPSA) is 0 Å². The Balaban J connectivity index is 2.08. The second-order valence-electron chi connectivity index (χ2n) is 1.39. The van der Waals surface area contributed by atoms with Gasteiger partial charge >= 0.3 is 0 Å². The summed E-state index contributed by atoms with van der Waals surface area (Å²) in [7, 11) is 0. The first-order valence-electron chi connectivity index (χ1n) is 2.13. The molecule has 0 bridgehead atoms. The predicted octanol–water partition coefficient (Wildman–Crippen LogP) is 1.58. The summed E-state index contributed by atoms with van der Waals surface area (Å²) in [6.07, 6.45) is 8.50. The van der Waals surface area contributed by atoms with Gasteiger partial charge in [-0.05, 0) is 6.42 Å². The number of hydrogen-bond acceptors (Lipinski definition) is 0. The van der Waals surface area contributed by atoms with Gasteiger partial charge in [-0.2, -0.15) is 0 Å². The zero-order chi connectivity index (χ0) is 3.54. The van der Waals surface area contributed by atoms with E-state index in [2.05, 4.69) is 12.8 Å². The molecule has 27 valence electrons. The SMILES string of the molecule is [CH]1C[CH+]CC1. The Morgan fingerprint density at radius 1 is 1.60 bits per heavy atom. The molecule has 0 spiro atoms. The van der Waals surface area contributed by atoms with Crippen LogP contribution in [0.25, 0.3) is 0 Å². The molecule has 0 unspecified atom stereocenters. The third-order valence-corrected chi connectivity index (χ3v) is 0.908. The van der Waals surface area contributed by atoms with Crippen LogP contribution in [0.2, 0.25) is 0 Å². The van der Waals surface area contributed by atoms with Crippen LogP contribution in [-0.2, 0) is 0 Å². The van der Waals surface area contributed by atoms with E-state index in [-0.39, 0.29) is 0 Å². The molecule has 5 heavy (non-hydrogen) atoms. The highest BCUT2D eigenvalue weighted by Crippen LogP contribution is 2.12. The first-order chi connectivity index (χ1) is 2.50. The Bertz CT molecular complexity index is 11.6. The standard InChI is InChI=1S/C5H8/c1-2-4-5-3-1/h1,4H,2-3,5H2/q+1. The van der Waals surface area contributed by atoms with Gasteiger partial charge in [0.2, 0.25) is 0 Å². The van der Waals surface area contributed by atoms with Crippen molar-refractivity contribution >= 4 is 0 Å². The molecule has 0 heterocycles. The van der Waals surface area contributed by atoms with Gasteiger partial charge in [-0.25, -0.2) is 0 Å². The van der Waals surface area contributed by atoms with Crippen LogP contribution in [0.1, 0.15) is 19.3 Å². The van der Waals surface area contributed by atoms with Crippen molar-refractivity contribution in [2.24, 2.45) is 0 Å². The van der Waals surface area contributed by atoms with Crippen molar-refractivity contribution in [3.63, 3.8) is 0 Å². The fraction of sp³-hybridized carbons (Fsp3) is 0.600. The van der Waals surface area contributed by atoms with Crippen LogP contribution in [0.3, 0.4) is 0 Å². The van der Waals surface area contributed by atoms with E-state index in [1.54, 1.807) is 0 Å². The lowest BCUT2D eigenvalue weighted by Crippen LogP contribution is -1.51. The number of rotatable bonds is 0. The minimum Gasteiger partial charge on any atom is -0.00516 e. The van der Waals surface area contributed by atoms with E-state index in [0.29, 0.717) is 0 Å². The molecule has 1 aliphatic carbocycles. The summed E-state index contributed by atoms with van der Waals surface area (Å²) < 4.78 is 0. The van der Waals surface area contributed by atoms with E-state index < -0.39 is 0 Å². The van der Waals surface area contributed by atoms with Crippen molar-refractivity contribution in [1.82, 2.24) is 0 Å². The van der Waals surface area contributed by atoms with E-state index in [1.165, 1.54) is 19.3 Å². The van der Waals surface area contributed by atoms with Crippen molar-refractivity contribution in [1.29, 1.82) is 0 Å². The van der Waals surface area contributed by atoms with Gasteiger partial charge in [-0.1, -0.05) is 0 Å². The van der Waals surface area contributed by atoms with Crippen LogP contribution in [0.4, 0.5) is 0 Å². The molecule has 0 heteroatoms. The van der Waals surface area contributed by atoms with Crippen molar-refractivity contribution in [3.05, 3.63) is 12.8 Å². The Morgan fingerprint density at radius 2 is 2.60 bits per heavy atom. The van der Waals surface area contributed by atoms with Gasteiger partial charge in [0.05, 0.1) is 19.3 Å². The van der Waals surface area contributed by atoms with Gasteiger partial charge in [-0.15, -0.1) is 0 Å². The molecular weight excluding hydrogens is 60.1 g/mol. The second-order valence-corrected chi connectivity index (χ2v) is 1.39. The lowest BCUT2D eigenvalue weighted by Gasteiger charge is -1.59. The Labute approximate surface area is 33.2 Å². The smallest absolute Gasteiger partial charge is 0.00516 e. The summed E-state index contributed by atoms with van der Waals surface area (Å²) in [4.78, 5) is 0. The third-order valence-electron chi connectivity index (χ3n) is 0.908. The van der Waals surface area contributed by atoms with E-state index >= 15 is 0 Å². The Hall–Kier alpha value is -0.130. The van der Waals surface area contributed by atoms with Crippen LogP contribution >= 0.6 is 0 Å². The molecular formula is C5H8+. The molecule has 0 aromatic rings. The summed E-state index contributed by atoms with van der Waals surface area (Å²) in [6, 6.07) is 0. The van der Waals surface area contributed by atoms with Gasteiger partial charge < -0.3 is 0 Å². The molecule has 1 fully saturated rings. The van der Waals surface area contributed by atoms with Crippen LogP contribution < -0.4 is 0 Å². The van der Waals surface area contributed by atoms with Gasteiger partial charge in [0.1, 0.15) is 0 Å². The summed E-state index contributed by atoms with van der Waals surface area (Å²) in [5.41, 5.74) is 0. The van der Waals surface area contributed by atoms with Gasteiger partial charge in [0, 0.05) is 6.42 Å². The fourth-order valence-electron chi connectivity index (χ4n) is 0.589. The van der Waals surface area contributed by atoms with E-state index in [0.717, 1.165) is 0 Å². The molecule has 1 radical (unpaired) electrons. The van der Waals surface area contributed by atoms with E-state index in [1.807, 2.05) is 0 Å². The molecule has 0 aliphatic heterocycles. The van der Waals surface area contributed by atoms with E-state index in [9.17, 15) is 0 Å². The maximum atomic E-state index is 2.31. The second kappa shape index (κ2) is 1.34. The number of hydrogen-bond donors (Lipinski definition) is 0. The summed E-state index contributed by atoms with van der Waals surface area (Å²) in [5.74, 6) is 0. The van der Waals surface area contributed by atoms with Crippen molar-refractivity contribution < 1.29 is 0 Å². The highest BCUT2D eigenvalue weighted by atomic mass is 14.0. The fourth-order valence-corrected chi connectivity index (χ4v) is 0.589. The van der Waals surface area contributed by atoms with Crippen LogP contribution in [0.15, 0.2) is 0 Å². The summed E-state index contributed by atoms with van der Waals surface area (Å²) >= 11 is 0. The minimum atomic E-state index is 1.25.